The van der Waals surface area contributed by atoms with Crippen molar-refractivity contribution >= 4 is 28.4 Å². The van der Waals surface area contributed by atoms with E-state index in [9.17, 15) is 4.79 Å². The van der Waals surface area contributed by atoms with E-state index in [1.807, 2.05) is 29.9 Å². The van der Waals surface area contributed by atoms with E-state index < -0.39 is 0 Å². The molecule has 1 amide bonds. The largest absolute Gasteiger partial charge is 0.494 e. The maximum absolute atomic E-state index is 11.9. The molecule has 3 N–H and O–H groups in total. The summed E-state index contributed by atoms with van der Waals surface area (Å²) in [6.45, 7) is 0. The Morgan fingerprint density at radius 3 is 2.79 bits per heavy atom. The third-order valence-corrected chi connectivity index (χ3v) is 4.26. The van der Waals surface area contributed by atoms with Gasteiger partial charge in [-0.25, -0.2) is 15.0 Å². The molecule has 0 aliphatic carbocycles. The normalized spacial score (nSPS) is 10.8. The third-order valence-electron chi connectivity index (χ3n) is 4.26. The number of carbonyl (C=O) groups excluding carboxylic acids is 1. The number of imidazole rings is 1. The van der Waals surface area contributed by atoms with Crippen molar-refractivity contribution < 1.29 is 9.53 Å². The van der Waals surface area contributed by atoms with E-state index >= 15 is 0 Å². The quantitative estimate of drug-likeness (QED) is 0.493. The molecule has 0 saturated heterocycles. The summed E-state index contributed by atoms with van der Waals surface area (Å²) in [5.41, 5.74) is 3.43. The second-order valence-electron chi connectivity index (χ2n) is 6.22. The van der Waals surface area contributed by atoms with Gasteiger partial charge in [0.25, 0.3) is 5.91 Å². The summed E-state index contributed by atoms with van der Waals surface area (Å²) in [4.78, 5) is 28.1. The highest BCUT2D eigenvalue weighted by Crippen LogP contribution is 2.31. The maximum Gasteiger partial charge on any atom is 0.267 e. The number of aromatic nitrogens is 5. The smallest absolute Gasteiger partial charge is 0.267 e. The number of nitrogens with one attached hydrogen (secondary N) is 3. The summed E-state index contributed by atoms with van der Waals surface area (Å²) < 4.78 is 7.33. The van der Waals surface area contributed by atoms with Gasteiger partial charge in [-0.15, -0.1) is 0 Å². The summed E-state index contributed by atoms with van der Waals surface area (Å²) >= 11 is 0. The Morgan fingerprint density at radius 1 is 1.21 bits per heavy atom. The van der Waals surface area contributed by atoms with Gasteiger partial charge in [0.05, 0.1) is 24.6 Å². The fourth-order valence-corrected chi connectivity index (χ4v) is 2.94. The van der Waals surface area contributed by atoms with Crippen LogP contribution in [0.3, 0.4) is 0 Å². The van der Waals surface area contributed by atoms with Crippen molar-refractivity contribution in [1.29, 1.82) is 0 Å². The molecule has 142 valence electrons. The topological polar surface area (TPSA) is 110 Å². The van der Waals surface area contributed by atoms with Gasteiger partial charge in [0.15, 0.2) is 0 Å². The average Bonchev–Trinajstić information content (AvgIpc) is 3.33. The Morgan fingerprint density at radius 2 is 2.07 bits per heavy atom. The molecule has 1 aromatic carbocycles. The Balaban J connectivity index is 1.69. The van der Waals surface area contributed by atoms with Crippen molar-refractivity contribution in [1.82, 2.24) is 29.8 Å². The molecule has 0 fully saturated rings. The number of hydrogen-bond acceptors (Lipinski definition) is 6. The van der Waals surface area contributed by atoms with E-state index in [0.29, 0.717) is 17.4 Å². The number of carbonyl (C=O) groups is 1. The maximum atomic E-state index is 11.9. The van der Waals surface area contributed by atoms with Crippen LogP contribution in [0.15, 0.2) is 43.0 Å². The van der Waals surface area contributed by atoms with Crippen molar-refractivity contribution in [2.75, 3.05) is 19.5 Å². The van der Waals surface area contributed by atoms with Crippen LogP contribution in [-0.2, 0) is 7.05 Å². The minimum atomic E-state index is -0.195. The molecule has 0 radical (unpaired) electrons. The molecule has 0 saturated carbocycles. The number of benzene rings is 1. The van der Waals surface area contributed by atoms with E-state index in [1.54, 1.807) is 38.8 Å². The number of aromatic amines is 1. The van der Waals surface area contributed by atoms with Crippen molar-refractivity contribution in [3.63, 3.8) is 0 Å². The zero-order valence-corrected chi connectivity index (χ0v) is 15.6. The van der Waals surface area contributed by atoms with E-state index in [-0.39, 0.29) is 5.91 Å². The van der Waals surface area contributed by atoms with Gasteiger partial charge in [-0.2, -0.15) is 0 Å². The number of methoxy groups -OCH3 is 1. The molecular weight excluding hydrogens is 358 g/mol. The van der Waals surface area contributed by atoms with Crippen molar-refractivity contribution in [2.24, 2.45) is 7.05 Å². The lowest BCUT2D eigenvalue weighted by atomic mass is 10.2. The first-order valence-corrected chi connectivity index (χ1v) is 8.58. The van der Waals surface area contributed by atoms with Gasteiger partial charge in [-0.3, -0.25) is 4.79 Å². The second kappa shape index (κ2) is 7.03. The number of hydrogen-bond donors (Lipinski definition) is 3. The number of anilines is 2. The monoisotopic (exact) mass is 377 g/mol. The number of rotatable bonds is 5. The molecule has 9 heteroatoms. The van der Waals surface area contributed by atoms with Crippen LogP contribution in [0.25, 0.3) is 22.3 Å². The molecule has 4 aromatic rings. The highest BCUT2D eigenvalue weighted by atomic mass is 16.5. The molecule has 0 aliphatic heterocycles. The highest BCUT2D eigenvalue weighted by molar-refractivity contribution is 6.00. The predicted molar refractivity (Wildman–Crippen MR) is 106 cm³/mol. The highest BCUT2D eigenvalue weighted by Gasteiger charge is 2.13. The second-order valence-corrected chi connectivity index (χ2v) is 6.22. The van der Waals surface area contributed by atoms with Crippen LogP contribution in [0, 0.1) is 0 Å². The van der Waals surface area contributed by atoms with Crippen molar-refractivity contribution in [2.45, 2.75) is 0 Å². The molecule has 3 heterocycles. The third kappa shape index (κ3) is 3.25. The number of aryl methyl sites for hydroxylation is 1. The Bertz CT molecular complexity index is 1160. The lowest BCUT2D eigenvalue weighted by molar-refractivity contribution is 0.0959. The summed E-state index contributed by atoms with van der Waals surface area (Å²) in [5, 5.41) is 6.63. The van der Waals surface area contributed by atoms with Gasteiger partial charge in [0.1, 0.15) is 17.1 Å². The fraction of sp³-hybridized carbons (Fsp3) is 0.158. The molecular formula is C19H19N7O2. The number of ether oxygens (including phenoxy) is 1. The fourth-order valence-electron chi connectivity index (χ4n) is 2.94. The first-order chi connectivity index (χ1) is 13.6. The summed E-state index contributed by atoms with van der Waals surface area (Å²) in [7, 11) is 5.07. The summed E-state index contributed by atoms with van der Waals surface area (Å²) in [6.07, 6.45) is 5.29. The molecule has 0 bridgehead atoms. The van der Waals surface area contributed by atoms with E-state index in [2.05, 4.69) is 30.6 Å². The molecule has 3 aromatic heterocycles. The minimum absolute atomic E-state index is 0.195. The van der Waals surface area contributed by atoms with E-state index in [4.69, 9.17) is 4.74 Å². The zero-order valence-electron chi connectivity index (χ0n) is 15.6. The molecule has 9 nitrogen and oxygen atoms in total. The van der Waals surface area contributed by atoms with E-state index in [1.165, 1.54) is 0 Å². The zero-order chi connectivity index (χ0) is 19.7. The van der Waals surface area contributed by atoms with Crippen LogP contribution in [0.1, 0.15) is 10.5 Å². The van der Waals surface area contributed by atoms with Gasteiger partial charge in [-0.05, 0) is 18.2 Å². The van der Waals surface area contributed by atoms with Crippen LogP contribution in [-0.4, -0.2) is 44.6 Å². The van der Waals surface area contributed by atoms with Gasteiger partial charge < -0.3 is 24.9 Å². The van der Waals surface area contributed by atoms with Gasteiger partial charge in [0.2, 0.25) is 5.95 Å². The van der Waals surface area contributed by atoms with Crippen LogP contribution >= 0.6 is 0 Å². The number of fused-ring (bicyclic) bond motifs is 1. The van der Waals surface area contributed by atoms with Gasteiger partial charge in [0, 0.05) is 43.6 Å². The number of amides is 1. The Labute approximate surface area is 160 Å². The van der Waals surface area contributed by atoms with Crippen LogP contribution < -0.4 is 15.4 Å². The lowest BCUT2D eigenvalue weighted by Crippen LogP contribution is -2.17. The Kier molecular flexibility index (Phi) is 4.40. The molecule has 0 unspecified atom stereocenters. The standard InChI is InChI=1S/C19H19N7O2/c1-20-18(27)14-7-11-6-12(8-16(28-3)17(11)24-14)23-19-21-5-4-13(25-19)15-9-26(2)10-22-15/h4-10,24H,1-3H3,(H,20,27)(H,21,23,25). The molecule has 28 heavy (non-hydrogen) atoms. The summed E-state index contributed by atoms with van der Waals surface area (Å²) in [5.74, 6) is 0.849. The van der Waals surface area contributed by atoms with Gasteiger partial charge >= 0.3 is 0 Å². The van der Waals surface area contributed by atoms with E-state index in [0.717, 1.165) is 28.0 Å². The Hall–Kier alpha value is -3.88. The lowest BCUT2D eigenvalue weighted by Gasteiger charge is -2.09. The number of nitrogens with zero attached hydrogens (tertiary/aromatic N) is 4. The molecule has 0 aliphatic rings. The van der Waals surface area contributed by atoms with Gasteiger partial charge in [-0.1, -0.05) is 0 Å². The predicted octanol–water partition coefficient (Wildman–Crippen LogP) is 2.47. The molecule has 0 spiro atoms. The first kappa shape index (κ1) is 17.5. The van der Waals surface area contributed by atoms with Crippen molar-refractivity contribution in [3.8, 4) is 17.1 Å². The average molecular weight is 377 g/mol. The van der Waals surface area contributed by atoms with Crippen LogP contribution in [0.4, 0.5) is 11.6 Å². The van der Waals surface area contributed by atoms with Crippen LogP contribution in [0.2, 0.25) is 0 Å². The minimum Gasteiger partial charge on any atom is -0.494 e. The SMILES string of the molecule is CNC(=O)c1cc2cc(Nc3nccc(-c4cn(C)cn4)n3)cc(OC)c2[nH]1. The first-order valence-electron chi connectivity index (χ1n) is 8.58. The van der Waals surface area contributed by atoms with Crippen molar-refractivity contribution in [3.05, 3.63) is 48.7 Å². The molecule has 4 rings (SSSR count). The summed E-state index contributed by atoms with van der Waals surface area (Å²) in [6, 6.07) is 7.30. The number of H-pyrrole nitrogens is 1. The van der Waals surface area contributed by atoms with Crippen LogP contribution in [0.5, 0.6) is 5.75 Å². The molecule has 0 atom stereocenters.